The molecule has 1 heterocycles. The Morgan fingerprint density at radius 3 is 2.83 bits per heavy atom. The maximum Gasteiger partial charge on any atom is 0.317 e. The van der Waals surface area contributed by atoms with E-state index in [9.17, 15) is 9.59 Å². The van der Waals surface area contributed by atoms with Crippen molar-refractivity contribution in [2.24, 2.45) is 0 Å². The summed E-state index contributed by atoms with van der Waals surface area (Å²) in [4.78, 5) is 24.0. The van der Waals surface area contributed by atoms with Gasteiger partial charge in [-0.15, -0.1) is 0 Å². The van der Waals surface area contributed by atoms with Gasteiger partial charge in [0.05, 0.1) is 0 Å². The molecule has 0 bridgehead atoms. The van der Waals surface area contributed by atoms with Crippen LogP contribution in [-0.4, -0.2) is 52.6 Å². The van der Waals surface area contributed by atoms with Crippen molar-refractivity contribution >= 4 is 23.8 Å². The molecule has 0 aromatic rings. The molecule has 0 spiro atoms. The summed E-state index contributed by atoms with van der Waals surface area (Å²) in [5.74, 6) is 1.27. The van der Waals surface area contributed by atoms with Gasteiger partial charge in [-0.3, -0.25) is 4.79 Å². The lowest BCUT2D eigenvalue weighted by atomic mass is 10.2. The summed E-state index contributed by atoms with van der Waals surface area (Å²) in [6, 6.07) is 0.316. The zero-order chi connectivity index (χ0) is 13.4. The molecule has 1 unspecified atom stereocenters. The standard InChI is InChI=1S/C12H22N2O3S/c1-10-9-18-8-7-14(10)12(17)13-6-4-2-3-5-11(15)16/h10H,2-9H2,1H3,(H,13,17)(H,15,16). The number of nitrogens with one attached hydrogen (secondary N) is 1. The number of unbranched alkanes of at least 4 members (excludes halogenated alkanes) is 2. The molecule has 18 heavy (non-hydrogen) atoms. The number of carboxylic acid groups (broad SMARTS) is 1. The summed E-state index contributed by atoms with van der Waals surface area (Å²) in [5.41, 5.74) is 0. The number of hydrogen-bond acceptors (Lipinski definition) is 3. The van der Waals surface area contributed by atoms with E-state index in [0.717, 1.165) is 30.9 Å². The number of nitrogens with zero attached hydrogens (tertiary/aromatic N) is 1. The zero-order valence-electron chi connectivity index (χ0n) is 10.9. The molecule has 1 aliphatic rings. The Hall–Kier alpha value is -0.910. The van der Waals surface area contributed by atoms with E-state index in [1.165, 1.54) is 0 Å². The molecule has 2 N–H and O–H groups in total. The normalized spacial score (nSPS) is 19.6. The Bertz CT molecular complexity index is 286. The molecular weight excluding hydrogens is 252 g/mol. The van der Waals surface area contributed by atoms with Gasteiger partial charge in [-0.1, -0.05) is 6.42 Å². The molecule has 1 saturated heterocycles. The molecule has 1 fully saturated rings. The number of carboxylic acids is 1. The smallest absolute Gasteiger partial charge is 0.317 e. The molecule has 1 rings (SSSR count). The molecule has 0 aromatic carbocycles. The SMILES string of the molecule is CC1CSCCN1C(=O)NCCCCCC(=O)O. The van der Waals surface area contributed by atoms with Crippen molar-refractivity contribution < 1.29 is 14.7 Å². The number of carbonyl (C=O) groups excluding carboxylic acids is 1. The number of rotatable bonds is 6. The highest BCUT2D eigenvalue weighted by molar-refractivity contribution is 7.99. The van der Waals surface area contributed by atoms with Gasteiger partial charge in [0, 0.05) is 37.1 Å². The van der Waals surface area contributed by atoms with Crippen molar-refractivity contribution in [1.29, 1.82) is 0 Å². The Labute approximate surface area is 112 Å². The van der Waals surface area contributed by atoms with Gasteiger partial charge in [-0.2, -0.15) is 11.8 Å². The first-order valence-electron chi connectivity index (χ1n) is 6.45. The third kappa shape index (κ3) is 5.62. The third-order valence-corrected chi connectivity index (χ3v) is 4.16. The second-order valence-corrected chi connectivity index (χ2v) is 5.70. The van der Waals surface area contributed by atoms with E-state index < -0.39 is 5.97 Å². The highest BCUT2D eigenvalue weighted by Gasteiger charge is 2.22. The fourth-order valence-corrected chi connectivity index (χ4v) is 2.92. The predicted octanol–water partition coefficient (Wildman–Crippen LogP) is 1.78. The third-order valence-electron chi connectivity index (χ3n) is 2.97. The first-order valence-corrected chi connectivity index (χ1v) is 7.60. The molecule has 1 aliphatic heterocycles. The van der Waals surface area contributed by atoms with E-state index in [4.69, 9.17) is 5.11 Å². The van der Waals surface area contributed by atoms with Crippen LogP contribution >= 0.6 is 11.8 Å². The van der Waals surface area contributed by atoms with E-state index in [1.54, 1.807) is 0 Å². The van der Waals surface area contributed by atoms with Gasteiger partial charge in [0.1, 0.15) is 0 Å². The Morgan fingerprint density at radius 1 is 1.39 bits per heavy atom. The van der Waals surface area contributed by atoms with Crippen molar-refractivity contribution in [2.75, 3.05) is 24.6 Å². The average Bonchev–Trinajstić information content (AvgIpc) is 2.33. The second kappa shape index (κ2) is 8.24. The van der Waals surface area contributed by atoms with E-state index in [0.29, 0.717) is 19.0 Å². The molecule has 0 saturated carbocycles. The highest BCUT2D eigenvalue weighted by Crippen LogP contribution is 2.15. The van der Waals surface area contributed by atoms with Crippen molar-refractivity contribution in [1.82, 2.24) is 10.2 Å². The number of amides is 2. The first-order chi connectivity index (χ1) is 8.61. The predicted molar refractivity (Wildman–Crippen MR) is 73.0 cm³/mol. The molecule has 5 nitrogen and oxygen atoms in total. The molecule has 0 radical (unpaired) electrons. The first kappa shape index (κ1) is 15.1. The van der Waals surface area contributed by atoms with Crippen LogP contribution in [-0.2, 0) is 4.79 Å². The fourth-order valence-electron chi connectivity index (χ4n) is 1.90. The van der Waals surface area contributed by atoms with Crippen LogP contribution in [0, 0.1) is 0 Å². The van der Waals surface area contributed by atoms with Crippen LogP contribution in [0.1, 0.15) is 32.6 Å². The van der Waals surface area contributed by atoms with Crippen LogP contribution < -0.4 is 5.32 Å². The van der Waals surface area contributed by atoms with Gasteiger partial charge in [0.15, 0.2) is 0 Å². The lowest BCUT2D eigenvalue weighted by molar-refractivity contribution is -0.137. The fraction of sp³-hybridized carbons (Fsp3) is 0.833. The number of urea groups is 1. The van der Waals surface area contributed by atoms with Crippen LogP contribution in [0.5, 0.6) is 0 Å². The molecular formula is C12H22N2O3S. The van der Waals surface area contributed by atoms with Crippen LogP contribution in [0.2, 0.25) is 0 Å². The maximum atomic E-state index is 11.9. The summed E-state index contributed by atoms with van der Waals surface area (Å²) in [6.07, 6.45) is 2.59. The summed E-state index contributed by atoms with van der Waals surface area (Å²) in [6.45, 7) is 3.52. The Morgan fingerprint density at radius 2 is 2.17 bits per heavy atom. The molecule has 0 aliphatic carbocycles. The van der Waals surface area contributed by atoms with E-state index in [-0.39, 0.29) is 12.5 Å². The van der Waals surface area contributed by atoms with Gasteiger partial charge in [0.25, 0.3) is 0 Å². The topological polar surface area (TPSA) is 69.6 Å². The Balaban J connectivity index is 2.07. The van der Waals surface area contributed by atoms with Crippen molar-refractivity contribution in [3.05, 3.63) is 0 Å². The maximum absolute atomic E-state index is 11.9. The average molecular weight is 274 g/mol. The largest absolute Gasteiger partial charge is 0.481 e. The van der Waals surface area contributed by atoms with Crippen LogP contribution in [0.3, 0.4) is 0 Å². The van der Waals surface area contributed by atoms with E-state index in [1.807, 2.05) is 16.7 Å². The van der Waals surface area contributed by atoms with Crippen LogP contribution in [0.4, 0.5) is 4.79 Å². The summed E-state index contributed by atoms with van der Waals surface area (Å²) < 4.78 is 0. The number of aliphatic carboxylic acids is 1. The minimum atomic E-state index is -0.751. The van der Waals surface area contributed by atoms with Gasteiger partial charge < -0.3 is 15.3 Å². The van der Waals surface area contributed by atoms with Gasteiger partial charge in [-0.25, -0.2) is 4.79 Å². The second-order valence-electron chi connectivity index (χ2n) is 4.55. The number of thioether (sulfide) groups is 1. The van der Waals surface area contributed by atoms with Crippen LogP contribution in [0.25, 0.3) is 0 Å². The number of carbonyl (C=O) groups is 2. The van der Waals surface area contributed by atoms with Gasteiger partial charge in [0.2, 0.25) is 0 Å². The number of hydrogen-bond donors (Lipinski definition) is 2. The highest BCUT2D eigenvalue weighted by atomic mass is 32.2. The van der Waals surface area contributed by atoms with Crippen molar-refractivity contribution in [2.45, 2.75) is 38.6 Å². The lowest BCUT2D eigenvalue weighted by Crippen LogP contribution is -2.49. The minimum absolute atomic E-state index is 0.0148. The zero-order valence-corrected chi connectivity index (χ0v) is 11.7. The van der Waals surface area contributed by atoms with Crippen molar-refractivity contribution in [3.63, 3.8) is 0 Å². The molecule has 0 aromatic heterocycles. The molecule has 6 heteroatoms. The minimum Gasteiger partial charge on any atom is -0.481 e. The van der Waals surface area contributed by atoms with Gasteiger partial charge >= 0.3 is 12.0 Å². The summed E-state index contributed by atoms with van der Waals surface area (Å²) >= 11 is 1.88. The summed E-state index contributed by atoms with van der Waals surface area (Å²) in [5, 5.41) is 11.4. The monoisotopic (exact) mass is 274 g/mol. The van der Waals surface area contributed by atoms with Crippen molar-refractivity contribution in [3.8, 4) is 0 Å². The van der Waals surface area contributed by atoms with Gasteiger partial charge in [-0.05, 0) is 19.8 Å². The molecule has 104 valence electrons. The summed E-state index contributed by atoms with van der Waals surface area (Å²) in [7, 11) is 0. The van der Waals surface area contributed by atoms with E-state index >= 15 is 0 Å². The molecule has 2 amide bonds. The molecule has 1 atom stereocenters. The quantitative estimate of drug-likeness (QED) is 0.724. The van der Waals surface area contributed by atoms with Crippen LogP contribution in [0.15, 0.2) is 0 Å². The Kier molecular flexibility index (Phi) is 6.93. The van der Waals surface area contributed by atoms with E-state index in [2.05, 4.69) is 12.2 Å². The lowest BCUT2D eigenvalue weighted by Gasteiger charge is -2.33.